The topological polar surface area (TPSA) is 77.0 Å². The van der Waals surface area contributed by atoms with E-state index in [4.69, 9.17) is 9.47 Å². The Hall–Kier alpha value is -3.10. The average Bonchev–Trinajstić information content (AvgIpc) is 2.65. The van der Waals surface area contributed by atoms with Gasteiger partial charge in [-0.3, -0.25) is 4.79 Å². The van der Waals surface area contributed by atoms with E-state index >= 15 is 0 Å². The number of anilines is 1. The third kappa shape index (κ3) is 4.55. The Kier molecular flexibility index (Phi) is 5.29. The van der Waals surface area contributed by atoms with Crippen molar-refractivity contribution in [2.24, 2.45) is 5.18 Å². The fourth-order valence-corrected chi connectivity index (χ4v) is 2.63. The van der Waals surface area contributed by atoms with Crippen molar-refractivity contribution in [3.8, 4) is 11.5 Å². The lowest BCUT2D eigenvalue weighted by molar-refractivity contribution is -0.137. The van der Waals surface area contributed by atoms with Gasteiger partial charge in [-0.05, 0) is 41.4 Å². The first-order chi connectivity index (χ1) is 12.9. The monoisotopic (exact) mass is 380 g/mol. The summed E-state index contributed by atoms with van der Waals surface area (Å²) in [5, 5.41) is 5.31. The van der Waals surface area contributed by atoms with Gasteiger partial charge in [0.2, 0.25) is 5.91 Å². The molecule has 0 radical (unpaired) electrons. The molecule has 27 heavy (non-hydrogen) atoms. The van der Waals surface area contributed by atoms with Gasteiger partial charge in [-0.1, -0.05) is 6.07 Å². The van der Waals surface area contributed by atoms with Crippen molar-refractivity contribution in [3.63, 3.8) is 0 Å². The number of nitroso groups, excluding NO2 is 1. The maximum Gasteiger partial charge on any atom is 0.416 e. The Balaban J connectivity index is 1.63. The molecule has 0 bridgehead atoms. The third-order valence-corrected chi connectivity index (χ3v) is 3.96. The number of nitrogens with zero attached hydrogens (tertiary/aromatic N) is 1. The van der Waals surface area contributed by atoms with Crippen molar-refractivity contribution in [1.82, 2.24) is 0 Å². The molecule has 0 atom stereocenters. The van der Waals surface area contributed by atoms with E-state index in [9.17, 15) is 22.9 Å². The molecule has 0 aromatic heterocycles. The SMILES string of the molecule is O=Nc1cc(C(F)(F)F)ccc1CCC(=O)Nc1ccc2c(c1)OCCO2. The maximum absolute atomic E-state index is 12.7. The summed E-state index contributed by atoms with van der Waals surface area (Å²) < 4.78 is 48.9. The highest BCUT2D eigenvalue weighted by Crippen LogP contribution is 2.34. The van der Waals surface area contributed by atoms with E-state index < -0.39 is 11.7 Å². The summed E-state index contributed by atoms with van der Waals surface area (Å²) in [6.07, 6.45) is -4.51. The molecule has 1 amide bonds. The van der Waals surface area contributed by atoms with Gasteiger partial charge in [0.1, 0.15) is 18.9 Å². The lowest BCUT2D eigenvalue weighted by atomic mass is 10.0. The molecule has 1 N–H and O–H groups in total. The van der Waals surface area contributed by atoms with Gasteiger partial charge in [-0.2, -0.15) is 13.2 Å². The minimum Gasteiger partial charge on any atom is -0.486 e. The van der Waals surface area contributed by atoms with E-state index in [0.717, 1.165) is 12.1 Å². The highest BCUT2D eigenvalue weighted by Gasteiger charge is 2.31. The van der Waals surface area contributed by atoms with Gasteiger partial charge in [0.25, 0.3) is 0 Å². The molecule has 2 aromatic carbocycles. The molecule has 0 spiro atoms. The molecule has 3 rings (SSSR count). The highest BCUT2D eigenvalue weighted by molar-refractivity contribution is 5.91. The number of alkyl halides is 3. The standard InChI is InChI=1S/C18H15F3N2O4/c19-18(20,21)12-3-1-11(14(9-12)23-25)2-6-17(24)22-13-4-5-15-16(10-13)27-8-7-26-15/h1,3-5,9-10H,2,6-8H2,(H,22,24). The van der Waals surface area contributed by atoms with Gasteiger partial charge < -0.3 is 14.8 Å². The van der Waals surface area contributed by atoms with Crippen molar-refractivity contribution in [2.45, 2.75) is 19.0 Å². The first-order valence-corrected chi connectivity index (χ1v) is 8.10. The molecule has 0 saturated carbocycles. The summed E-state index contributed by atoms with van der Waals surface area (Å²) in [5.41, 5.74) is -0.501. The fraction of sp³-hybridized carbons (Fsp3) is 0.278. The van der Waals surface area contributed by atoms with Crippen LogP contribution in [0.1, 0.15) is 17.5 Å². The summed E-state index contributed by atoms with van der Waals surface area (Å²) in [7, 11) is 0. The highest BCUT2D eigenvalue weighted by atomic mass is 19.4. The van der Waals surface area contributed by atoms with Crippen LogP contribution >= 0.6 is 0 Å². The molecule has 1 aliphatic rings. The second-order valence-electron chi connectivity index (χ2n) is 5.84. The molecule has 0 saturated heterocycles. The molecular formula is C18H15F3N2O4. The van der Waals surface area contributed by atoms with Crippen LogP contribution in [-0.2, 0) is 17.4 Å². The fourth-order valence-electron chi connectivity index (χ4n) is 2.63. The van der Waals surface area contributed by atoms with E-state index in [1.807, 2.05) is 0 Å². The molecule has 0 aliphatic carbocycles. The summed E-state index contributed by atoms with van der Waals surface area (Å²) in [6, 6.07) is 7.67. The van der Waals surface area contributed by atoms with Gasteiger partial charge in [0.05, 0.1) is 5.56 Å². The van der Waals surface area contributed by atoms with Crippen LogP contribution < -0.4 is 14.8 Å². The molecule has 0 unspecified atom stereocenters. The number of fused-ring (bicyclic) bond motifs is 1. The number of hydrogen-bond acceptors (Lipinski definition) is 5. The number of hydrogen-bond donors (Lipinski definition) is 1. The summed E-state index contributed by atoms with van der Waals surface area (Å²) >= 11 is 0. The quantitative estimate of drug-likeness (QED) is 0.778. The van der Waals surface area contributed by atoms with E-state index in [-0.39, 0.29) is 30.0 Å². The Morgan fingerprint density at radius 1 is 1.07 bits per heavy atom. The van der Waals surface area contributed by atoms with E-state index in [1.165, 1.54) is 0 Å². The summed E-state index contributed by atoms with van der Waals surface area (Å²) in [5.74, 6) is 0.753. The van der Waals surface area contributed by atoms with Crippen LogP contribution in [0.5, 0.6) is 11.5 Å². The third-order valence-electron chi connectivity index (χ3n) is 3.96. The summed E-state index contributed by atoms with van der Waals surface area (Å²) in [4.78, 5) is 22.9. The van der Waals surface area contributed by atoms with Crippen molar-refractivity contribution < 1.29 is 27.4 Å². The number of carbonyl (C=O) groups is 1. The number of carbonyl (C=O) groups excluding carboxylic acids is 1. The smallest absolute Gasteiger partial charge is 0.416 e. The zero-order valence-electron chi connectivity index (χ0n) is 14.0. The number of ether oxygens (including phenoxy) is 2. The molecule has 1 aliphatic heterocycles. The first kappa shape index (κ1) is 18.7. The number of amides is 1. The van der Waals surface area contributed by atoms with Gasteiger partial charge in [0.15, 0.2) is 11.5 Å². The first-order valence-electron chi connectivity index (χ1n) is 8.10. The van der Waals surface area contributed by atoms with Crippen LogP contribution in [-0.4, -0.2) is 19.1 Å². The number of benzene rings is 2. The van der Waals surface area contributed by atoms with Crippen LogP contribution in [0, 0.1) is 4.91 Å². The Morgan fingerprint density at radius 2 is 1.81 bits per heavy atom. The lowest BCUT2D eigenvalue weighted by Gasteiger charge is -2.19. The van der Waals surface area contributed by atoms with Crippen LogP contribution in [0.3, 0.4) is 0 Å². The second kappa shape index (κ2) is 7.65. The number of aryl methyl sites for hydroxylation is 1. The van der Waals surface area contributed by atoms with Gasteiger partial charge in [-0.15, -0.1) is 4.91 Å². The van der Waals surface area contributed by atoms with Crippen LogP contribution in [0.4, 0.5) is 24.5 Å². The van der Waals surface area contributed by atoms with E-state index in [1.54, 1.807) is 18.2 Å². The normalized spacial score (nSPS) is 13.1. The molecule has 6 nitrogen and oxygen atoms in total. The van der Waals surface area contributed by atoms with Crippen molar-refractivity contribution in [3.05, 3.63) is 52.4 Å². The van der Waals surface area contributed by atoms with E-state index in [2.05, 4.69) is 10.5 Å². The van der Waals surface area contributed by atoms with Crippen LogP contribution in [0.15, 0.2) is 41.6 Å². The van der Waals surface area contributed by atoms with E-state index in [0.29, 0.717) is 36.5 Å². The Labute approximate surface area is 152 Å². The zero-order valence-corrected chi connectivity index (χ0v) is 14.0. The predicted molar refractivity (Wildman–Crippen MR) is 91.3 cm³/mol. The van der Waals surface area contributed by atoms with Crippen molar-refractivity contribution >= 4 is 17.3 Å². The van der Waals surface area contributed by atoms with Gasteiger partial charge in [-0.25, -0.2) is 0 Å². The van der Waals surface area contributed by atoms with Gasteiger partial charge >= 0.3 is 6.18 Å². The Morgan fingerprint density at radius 3 is 2.52 bits per heavy atom. The van der Waals surface area contributed by atoms with Crippen LogP contribution in [0.2, 0.25) is 0 Å². The van der Waals surface area contributed by atoms with Crippen molar-refractivity contribution in [1.29, 1.82) is 0 Å². The van der Waals surface area contributed by atoms with Crippen molar-refractivity contribution in [2.75, 3.05) is 18.5 Å². The van der Waals surface area contributed by atoms with Crippen LogP contribution in [0.25, 0.3) is 0 Å². The largest absolute Gasteiger partial charge is 0.486 e. The maximum atomic E-state index is 12.7. The Bertz CT molecular complexity index is 868. The minimum atomic E-state index is -4.56. The molecule has 0 fully saturated rings. The molecule has 9 heteroatoms. The number of rotatable bonds is 5. The average molecular weight is 380 g/mol. The number of nitrogens with one attached hydrogen (secondary N) is 1. The minimum absolute atomic E-state index is 0.0255. The molecule has 1 heterocycles. The van der Waals surface area contributed by atoms with Gasteiger partial charge in [0, 0.05) is 18.2 Å². The number of halogens is 3. The zero-order chi connectivity index (χ0) is 19.4. The lowest BCUT2D eigenvalue weighted by Crippen LogP contribution is -2.16. The molecule has 142 valence electrons. The predicted octanol–water partition coefficient (Wildman–Crippen LogP) is 4.45. The molecule has 2 aromatic rings. The summed E-state index contributed by atoms with van der Waals surface area (Å²) in [6.45, 7) is 0.874. The second-order valence-corrected chi connectivity index (χ2v) is 5.84. The molecular weight excluding hydrogens is 365 g/mol.